The minimum absolute atomic E-state index is 0.145. The number of aromatic nitrogens is 1. The zero-order valence-electron chi connectivity index (χ0n) is 8.81. The maximum atomic E-state index is 9.39. The molecule has 82 valence electrons. The van der Waals surface area contributed by atoms with Crippen LogP contribution in [0.3, 0.4) is 0 Å². The van der Waals surface area contributed by atoms with Crippen molar-refractivity contribution in [2.45, 2.75) is 24.4 Å². The summed E-state index contributed by atoms with van der Waals surface area (Å²) in [5.41, 5.74) is 6.54. The van der Waals surface area contributed by atoms with Gasteiger partial charge in [-0.3, -0.25) is 0 Å². The number of methoxy groups -OCH3 is 1. The molecule has 0 amide bonds. The Morgan fingerprint density at radius 1 is 1.60 bits per heavy atom. The molecule has 0 unspecified atom stereocenters. The lowest BCUT2D eigenvalue weighted by molar-refractivity contribution is 0.0198. The molecular weight excluding hydrogens is 192 g/mol. The number of aliphatic hydroxyl groups excluding tert-OH is 1. The van der Waals surface area contributed by atoms with Gasteiger partial charge in [0.1, 0.15) is 0 Å². The van der Waals surface area contributed by atoms with Gasteiger partial charge < -0.3 is 15.6 Å². The maximum absolute atomic E-state index is 9.39. The molecule has 1 aliphatic carbocycles. The van der Waals surface area contributed by atoms with E-state index in [-0.39, 0.29) is 11.5 Å². The SMILES string of the molecule is COc1cccc(C2(CN)CC(O)C2)n1. The fourth-order valence-electron chi connectivity index (χ4n) is 2.15. The summed E-state index contributed by atoms with van der Waals surface area (Å²) in [5.74, 6) is 0.599. The van der Waals surface area contributed by atoms with E-state index in [1.54, 1.807) is 7.11 Å². The van der Waals surface area contributed by atoms with Crippen molar-refractivity contribution in [3.8, 4) is 5.88 Å². The van der Waals surface area contributed by atoms with Gasteiger partial charge in [0.15, 0.2) is 0 Å². The van der Waals surface area contributed by atoms with Crippen molar-refractivity contribution in [2.75, 3.05) is 13.7 Å². The number of rotatable bonds is 3. The van der Waals surface area contributed by atoms with Crippen molar-refractivity contribution in [3.63, 3.8) is 0 Å². The molecule has 4 heteroatoms. The van der Waals surface area contributed by atoms with Crippen molar-refractivity contribution >= 4 is 0 Å². The maximum Gasteiger partial charge on any atom is 0.213 e. The van der Waals surface area contributed by atoms with Crippen LogP contribution in [0, 0.1) is 0 Å². The second-order valence-corrected chi connectivity index (χ2v) is 4.11. The van der Waals surface area contributed by atoms with E-state index in [0.717, 1.165) is 5.69 Å². The number of ether oxygens (including phenoxy) is 1. The Labute approximate surface area is 89.1 Å². The highest BCUT2D eigenvalue weighted by molar-refractivity contribution is 5.27. The molecule has 4 nitrogen and oxygen atoms in total. The van der Waals surface area contributed by atoms with Crippen molar-refractivity contribution in [1.82, 2.24) is 4.98 Å². The number of nitrogens with zero attached hydrogens (tertiary/aromatic N) is 1. The summed E-state index contributed by atoms with van der Waals surface area (Å²) in [4.78, 5) is 4.38. The van der Waals surface area contributed by atoms with Crippen LogP contribution in [0.2, 0.25) is 0 Å². The normalized spacial score (nSPS) is 29.7. The lowest BCUT2D eigenvalue weighted by Gasteiger charge is -2.44. The van der Waals surface area contributed by atoms with E-state index in [1.807, 2.05) is 18.2 Å². The molecule has 1 aromatic heterocycles. The zero-order chi connectivity index (χ0) is 10.9. The van der Waals surface area contributed by atoms with Crippen LogP contribution in [0.5, 0.6) is 5.88 Å². The Morgan fingerprint density at radius 2 is 2.33 bits per heavy atom. The molecule has 2 rings (SSSR count). The van der Waals surface area contributed by atoms with Crippen molar-refractivity contribution in [1.29, 1.82) is 0 Å². The number of pyridine rings is 1. The summed E-state index contributed by atoms with van der Waals surface area (Å²) in [5, 5.41) is 9.39. The van der Waals surface area contributed by atoms with E-state index in [2.05, 4.69) is 4.98 Å². The minimum atomic E-state index is -0.235. The lowest BCUT2D eigenvalue weighted by atomic mass is 9.64. The smallest absolute Gasteiger partial charge is 0.213 e. The Balaban J connectivity index is 2.27. The zero-order valence-corrected chi connectivity index (χ0v) is 8.81. The molecule has 0 aliphatic heterocycles. The summed E-state index contributed by atoms with van der Waals surface area (Å²) in [6.07, 6.45) is 1.16. The predicted octanol–water partition coefficient (Wildman–Crippen LogP) is 0.441. The molecule has 0 atom stereocenters. The molecule has 0 spiro atoms. The summed E-state index contributed by atoms with van der Waals surface area (Å²) < 4.78 is 5.08. The van der Waals surface area contributed by atoms with Gasteiger partial charge in [-0.05, 0) is 18.9 Å². The van der Waals surface area contributed by atoms with E-state index in [0.29, 0.717) is 25.3 Å². The van der Waals surface area contributed by atoms with E-state index in [9.17, 15) is 5.11 Å². The van der Waals surface area contributed by atoms with Gasteiger partial charge in [-0.25, -0.2) is 4.98 Å². The van der Waals surface area contributed by atoms with Crippen LogP contribution < -0.4 is 10.5 Å². The van der Waals surface area contributed by atoms with Crippen LogP contribution in [0.4, 0.5) is 0 Å². The lowest BCUT2D eigenvalue weighted by Crippen LogP contribution is -2.50. The van der Waals surface area contributed by atoms with Gasteiger partial charge >= 0.3 is 0 Å². The summed E-state index contributed by atoms with van der Waals surface area (Å²) in [6, 6.07) is 5.66. The second kappa shape index (κ2) is 3.79. The molecule has 1 saturated carbocycles. The third-order valence-electron chi connectivity index (χ3n) is 3.12. The first kappa shape index (κ1) is 10.4. The molecule has 1 heterocycles. The van der Waals surface area contributed by atoms with Gasteiger partial charge in [-0.2, -0.15) is 0 Å². The van der Waals surface area contributed by atoms with Crippen molar-refractivity contribution in [3.05, 3.63) is 23.9 Å². The average Bonchev–Trinajstić information content (AvgIpc) is 2.24. The number of nitrogens with two attached hydrogens (primary N) is 1. The third kappa shape index (κ3) is 1.70. The summed E-state index contributed by atoms with van der Waals surface area (Å²) in [6.45, 7) is 0.518. The summed E-state index contributed by atoms with van der Waals surface area (Å²) >= 11 is 0. The Kier molecular flexibility index (Phi) is 2.63. The molecule has 1 aliphatic rings. The first-order valence-corrected chi connectivity index (χ1v) is 5.10. The van der Waals surface area contributed by atoms with Gasteiger partial charge in [0.2, 0.25) is 5.88 Å². The fourth-order valence-corrected chi connectivity index (χ4v) is 2.15. The monoisotopic (exact) mass is 208 g/mol. The standard InChI is InChI=1S/C11H16N2O2/c1-15-10-4-2-3-9(13-10)11(7-12)5-8(14)6-11/h2-4,8,14H,5-7,12H2,1H3. The van der Waals surface area contributed by atoms with Crippen LogP contribution in [0.25, 0.3) is 0 Å². The molecule has 1 fully saturated rings. The van der Waals surface area contributed by atoms with Crippen LogP contribution in [-0.2, 0) is 5.41 Å². The highest BCUT2D eigenvalue weighted by Gasteiger charge is 2.45. The van der Waals surface area contributed by atoms with Gasteiger partial charge in [0.05, 0.1) is 18.9 Å². The Morgan fingerprint density at radius 3 is 2.87 bits per heavy atom. The molecule has 0 bridgehead atoms. The van der Waals surface area contributed by atoms with E-state index < -0.39 is 0 Å². The van der Waals surface area contributed by atoms with E-state index in [1.165, 1.54) is 0 Å². The second-order valence-electron chi connectivity index (χ2n) is 4.11. The van der Waals surface area contributed by atoms with Gasteiger partial charge in [-0.15, -0.1) is 0 Å². The van der Waals surface area contributed by atoms with Crippen LogP contribution in [-0.4, -0.2) is 29.8 Å². The fraction of sp³-hybridized carbons (Fsp3) is 0.545. The molecule has 0 saturated heterocycles. The highest BCUT2D eigenvalue weighted by atomic mass is 16.5. The average molecular weight is 208 g/mol. The molecule has 0 aromatic carbocycles. The minimum Gasteiger partial charge on any atom is -0.481 e. The van der Waals surface area contributed by atoms with Gasteiger partial charge in [0.25, 0.3) is 0 Å². The van der Waals surface area contributed by atoms with E-state index >= 15 is 0 Å². The van der Waals surface area contributed by atoms with Gasteiger partial charge in [0, 0.05) is 18.0 Å². The number of hydrogen-bond acceptors (Lipinski definition) is 4. The van der Waals surface area contributed by atoms with Crippen molar-refractivity contribution in [2.24, 2.45) is 5.73 Å². The summed E-state index contributed by atoms with van der Waals surface area (Å²) in [7, 11) is 1.59. The van der Waals surface area contributed by atoms with Crippen LogP contribution in [0.15, 0.2) is 18.2 Å². The van der Waals surface area contributed by atoms with Crippen LogP contribution in [0.1, 0.15) is 18.5 Å². The molecule has 3 N–H and O–H groups in total. The van der Waals surface area contributed by atoms with Crippen LogP contribution >= 0.6 is 0 Å². The van der Waals surface area contributed by atoms with Gasteiger partial charge in [-0.1, -0.05) is 6.07 Å². The highest BCUT2D eigenvalue weighted by Crippen LogP contribution is 2.42. The Hall–Kier alpha value is -1.13. The first-order valence-electron chi connectivity index (χ1n) is 5.10. The third-order valence-corrected chi connectivity index (χ3v) is 3.12. The predicted molar refractivity (Wildman–Crippen MR) is 56.8 cm³/mol. The topological polar surface area (TPSA) is 68.4 Å². The number of aliphatic hydroxyl groups is 1. The first-order chi connectivity index (χ1) is 7.20. The molecule has 0 radical (unpaired) electrons. The largest absolute Gasteiger partial charge is 0.481 e. The number of hydrogen-bond donors (Lipinski definition) is 2. The molecular formula is C11H16N2O2. The quantitative estimate of drug-likeness (QED) is 0.756. The van der Waals surface area contributed by atoms with E-state index in [4.69, 9.17) is 10.5 Å². The molecule has 1 aromatic rings. The Bertz CT molecular complexity index is 348. The molecule has 15 heavy (non-hydrogen) atoms. The van der Waals surface area contributed by atoms with Crippen molar-refractivity contribution < 1.29 is 9.84 Å².